The molecule has 3 nitrogen and oxygen atoms in total. The first-order valence-electron chi connectivity index (χ1n) is 6.06. The summed E-state index contributed by atoms with van der Waals surface area (Å²) in [6, 6.07) is 11.7. The molecule has 0 aliphatic heterocycles. The first-order valence-corrected chi connectivity index (χ1v) is 6.94. The van der Waals surface area contributed by atoms with Crippen LogP contribution < -0.4 is 4.90 Å². The van der Waals surface area contributed by atoms with Gasteiger partial charge in [-0.1, -0.05) is 18.7 Å². The van der Waals surface area contributed by atoms with Crippen molar-refractivity contribution in [1.82, 2.24) is 0 Å². The summed E-state index contributed by atoms with van der Waals surface area (Å²) >= 11 is 1.62. The molecule has 4 heteroatoms. The fraction of sp³-hybridized carbons (Fsp3) is 0.125. The van der Waals surface area contributed by atoms with E-state index in [1.54, 1.807) is 31.4 Å². The number of thiophene rings is 1. The van der Waals surface area contributed by atoms with Crippen LogP contribution in [-0.2, 0) is 4.79 Å². The quantitative estimate of drug-likeness (QED) is 0.803. The predicted octanol–water partition coefficient (Wildman–Crippen LogP) is 3.83. The standard InChI is InChI=1S/C16H14N2OS/c1-11(2)16(19)18(3)14-7-6-12(9-13(14)10-17)15-5-4-8-20-15/h4-9H,1H2,2-3H3. The monoisotopic (exact) mass is 282 g/mol. The summed E-state index contributed by atoms with van der Waals surface area (Å²) in [7, 11) is 1.65. The molecular weight excluding hydrogens is 268 g/mol. The second-order valence-corrected chi connectivity index (χ2v) is 5.41. The van der Waals surface area contributed by atoms with E-state index in [0.717, 1.165) is 10.4 Å². The Morgan fingerprint density at radius 1 is 1.40 bits per heavy atom. The molecule has 0 N–H and O–H groups in total. The van der Waals surface area contributed by atoms with Gasteiger partial charge in [0.25, 0.3) is 5.91 Å². The molecule has 0 saturated carbocycles. The summed E-state index contributed by atoms with van der Waals surface area (Å²) in [6.07, 6.45) is 0. The number of anilines is 1. The van der Waals surface area contributed by atoms with Gasteiger partial charge in [-0.2, -0.15) is 5.26 Å². The Balaban J connectivity index is 2.44. The highest BCUT2D eigenvalue weighted by Gasteiger charge is 2.15. The van der Waals surface area contributed by atoms with Crippen LogP contribution in [0.5, 0.6) is 0 Å². The van der Waals surface area contributed by atoms with Crippen molar-refractivity contribution in [2.24, 2.45) is 0 Å². The fourth-order valence-corrected chi connectivity index (χ4v) is 2.63. The van der Waals surface area contributed by atoms with Crippen LogP contribution >= 0.6 is 11.3 Å². The Morgan fingerprint density at radius 3 is 2.70 bits per heavy atom. The van der Waals surface area contributed by atoms with E-state index >= 15 is 0 Å². The predicted molar refractivity (Wildman–Crippen MR) is 82.7 cm³/mol. The zero-order valence-corrected chi connectivity index (χ0v) is 12.2. The average molecular weight is 282 g/mol. The van der Waals surface area contributed by atoms with Gasteiger partial charge in [0.2, 0.25) is 0 Å². The SMILES string of the molecule is C=C(C)C(=O)N(C)c1ccc(-c2cccs2)cc1C#N. The minimum Gasteiger partial charge on any atom is -0.310 e. The van der Waals surface area contributed by atoms with E-state index in [-0.39, 0.29) is 5.91 Å². The van der Waals surface area contributed by atoms with Crippen molar-refractivity contribution in [3.05, 3.63) is 53.4 Å². The minimum atomic E-state index is -0.189. The van der Waals surface area contributed by atoms with Gasteiger partial charge in [-0.25, -0.2) is 0 Å². The van der Waals surface area contributed by atoms with Crippen molar-refractivity contribution < 1.29 is 4.79 Å². The van der Waals surface area contributed by atoms with Crippen LogP contribution in [-0.4, -0.2) is 13.0 Å². The third-order valence-electron chi connectivity index (χ3n) is 2.95. The second-order valence-electron chi connectivity index (χ2n) is 4.47. The first kappa shape index (κ1) is 14.0. The van der Waals surface area contributed by atoms with Gasteiger partial charge in [0.05, 0.1) is 11.3 Å². The zero-order chi connectivity index (χ0) is 14.7. The zero-order valence-electron chi connectivity index (χ0n) is 11.4. The van der Waals surface area contributed by atoms with E-state index in [4.69, 9.17) is 0 Å². The smallest absolute Gasteiger partial charge is 0.253 e. The maximum Gasteiger partial charge on any atom is 0.253 e. The number of benzene rings is 1. The molecule has 2 rings (SSSR count). The topological polar surface area (TPSA) is 44.1 Å². The number of nitrogens with zero attached hydrogens (tertiary/aromatic N) is 2. The Labute approximate surface area is 122 Å². The van der Waals surface area contributed by atoms with Gasteiger partial charge in [-0.15, -0.1) is 11.3 Å². The normalized spacial score (nSPS) is 9.85. The lowest BCUT2D eigenvalue weighted by Crippen LogP contribution is -2.27. The first-order chi connectivity index (χ1) is 9.54. The van der Waals surface area contributed by atoms with Crippen molar-refractivity contribution in [3.8, 4) is 16.5 Å². The number of likely N-dealkylation sites (N-methyl/N-ethyl adjacent to an activating group) is 1. The lowest BCUT2D eigenvalue weighted by Gasteiger charge is -2.19. The Kier molecular flexibility index (Phi) is 4.02. The molecule has 0 spiro atoms. The lowest BCUT2D eigenvalue weighted by atomic mass is 10.1. The minimum absolute atomic E-state index is 0.189. The van der Waals surface area contributed by atoms with Crippen LogP contribution in [0.1, 0.15) is 12.5 Å². The molecule has 1 aromatic carbocycles. The number of carbonyl (C=O) groups is 1. The van der Waals surface area contributed by atoms with E-state index in [1.165, 1.54) is 4.90 Å². The molecule has 0 unspecified atom stereocenters. The summed E-state index contributed by atoms with van der Waals surface area (Å²) in [5.41, 5.74) is 2.50. The Bertz CT molecular complexity index is 696. The van der Waals surface area contributed by atoms with Crippen molar-refractivity contribution in [2.45, 2.75) is 6.92 Å². The molecular formula is C16H14N2OS. The van der Waals surface area contributed by atoms with Crippen LogP contribution in [0.3, 0.4) is 0 Å². The number of rotatable bonds is 3. The number of amides is 1. The Morgan fingerprint density at radius 2 is 2.15 bits per heavy atom. The number of carbonyl (C=O) groups excluding carboxylic acids is 1. The van der Waals surface area contributed by atoms with E-state index in [9.17, 15) is 10.1 Å². The third kappa shape index (κ3) is 2.63. The highest BCUT2D eigenvalue weighted by atomic mass is 32.1. The molecule has 0 bridgehead atoms. The third-order valence-corrected chi connectivity index (χ3v) is 3.87. The summed E-state index contributed by atoms with van der Waals surface area (Å²) in [4.78, 5) is 14.5. The summed E-state index contributed by atoms with van der Waals surface area (Å²) in [5.74, 6) is -0.189. The molecule has 0 atom stereocenters. The van der Waals surface area contributed by atoms with Crippen molar-refractivity contribution in [2.75, 3.05) is 11.9 Å². The number of hydrogen-bond donors (Lipinski definition) is 0. The van der Waals surface area contributed by atoms with Crippen LogP contribution in [0.2, 0.25) is 0 Å². The van der Waals surface area contributed by atoms with E-state index in [1.807, 2.05) is 29.6 Å². The number of nitriles is 1. The van der Waals surface area contributed by atoms with Gasteiger partial charge in [0, 0.05) is 17.5 Å². The van der Waals surface area contributed by atoms with Crippen LogP contribution in [0.4, 0.5) is 5.69 Å². The van der Waals surface area contributed by atoms with Gasteiger partial charge in [-0.05, 0) is 36.1 Å². The molecule has 0 aliphatic rings. The van der Waals surface area contributed by atoms with Gasteiger partial charge in [0.15, 0.2) is 0 Å². The fourth-order valence-electron chi connectivity index (χ4n) is 1.91. The lowest BCUT2D eigenvalue weighted by molar-refractivity contribution is -0.114. The van der Waals surface area contributed by atoms with Gasteiger partial charge < -0.3 is 4.90 Å². The van der Waals surface area contributed by atoms with E-state index in [2.05, 4.69) is 12.6 Å². The average Bonchev–Trinajstić information content (AvgIpc) is 2.99. The largest absolute Gasteiger partial charge is 0.310 e. The maximum atomic E-state index is 11.9. The Hall–Kier alpha value is -2.38. The molecule has 0 radical (unpaired) electrons. The molecule has 0 fully saturated rings. The van der Waals surface area contributed by atoms with E-state index in [0.29, 0.717) is 16.8 Å². The molecule has 2 aromatic rings. The van der Waals surface area contributed by atoms with Crippen LogP contribution in [0, 0.1) is 11.3 Å². The number of hydrogen-bond acceptors (Lipinski definition) is 3. The van der Waals surface area contributed by atoms with Crippen LogP contribution in [0.15, 0.2) is 47.9 Å². The van der Waals surface area contributed by atoms with Crippen molar-refractivity contribution in [3.63, 3.8) is 0 Å². The van der Waals surface area contributed by atoms with Gasteiger partial charge >= 0.3 is 0 Å². The molecule has 20 heavy (non-hydrogen) atoms. The van der Waals surface area contributed by atoms with Crippen molar-refractivity contribution in [1.29, 1.82) is 5.26 Å². The van der Waals surface area contributed by atoms with Crippen molar-refractivity contribution >= 4 is 22.9 Å². The molecule has 0 aliphatic carbocycles. The van der Waals surface area contributed by atoms with Gasteiger partial charge in [-0.3, -0.25) is 4.79 Å². The highest BCUT2D eigenvalue weighted by Crippen LogP contribution is 2.29. The van der Waals surface area contributed by atoms with Gasteiger partial charge in [0.1, 0.15) is 6.07 Å². The molecule has 1 amide bonds. The highest BCUT2D eigenvalue weighted by molar-refractivity contribution is 7.13. The summed E-state index contributed by atoms with van der Waals surface area (Å²) < 4.78 is 0. The second kappa shape index (κ2) is 5.72. The molecule has 1 aromatic heterocycles. The molecule has 100 valence electrons. The maximum absolute atomic E-state index is 11.9. The van der Waals surface area contributed by atoms with E-state index < -0.39 is 0 Å². The summed E-state index contributed by atoms with van der Waals surface area (Å²) in [6.45, 7) is 5.30. The molecule has 0 saturated heterocycles. The molecule has 1 heterocycles. The van der Waals surface area contributed by atoms with Crippen LogP contribution in [0.25, 0.3) is 10.4 Å². The summed E-state index contributed by atoms with van der Waals surface area (Å²) in [5, 5.41) is 11.3.